The van der Waals surface area contributed by atoms with Crippen molar-refractivity contribution in [2.45, 2.75) is 51.6 Å². The monoisotopic (exact) mass is 365 g/mol. The lowest BCUT2D eigenvalue weighted by molar-refractivity contribution is -0.131. The van der Waals surface area contributed by atoms with E-state index in [0.29, 0.717) is 12.5 Å². The average molecular weight is 366 g/mol. The molecular weight excluding hydrogens is 334 g/mol. The number of nitrogens with one attached hydrogen (secondary N) is 1. The van der Waals surface area contributed by atoms with Crippen LogP contribution in [0.4, 0.5) is 0 Å². The number of carbonyl (C=O) groups is 1. The molecular formula is C20H32ClN3O. The standard InChI is InChI=1S/C20H31N3O.ClH/c1-16(22-19(24)20(15-21)10-5-6-11-20)18-9-12-23(14-18)13-17-7-3-2-4-8-17;/h2-4,7-8,16,18H,5-6,9-15,21H2,1H3,(H,22,24);1H. The molecule has 2 atom stereocenters. The van der Waals surface area contributed by atoms with Crippen LogP contribution >= 0.6 is 12.4 Å². The fourth-order valence-corrected chi connectivity index (χ4v) is 4.31. The summed E-state index contributed by atoms with van der Waals surface area (Å²) in [5, 5.41) is 3.29. The molecule has 0 spiro atoms. The molecule has 1 saturated carbocycles. The number of hydrogen-bond acceptors (Lipinski definition) is 3. The third-order valence-electron chi connectivity index (χ3n) is 6.06. The number of nitrogens with two attached hydrogens (primary N) is 1. The second kappa shape index (κ2) is 9.02. The number of likely N-dealkylation sites (tertiary alicyclic amines) is 1. The summed E-state index contributed by atoms with van der Waals surface area (Å²) in [4.78, 5) is 15.2. The van der Waals surface area contributed by atoms with Crippen molar-refractivity contribution in [3.63, 3.8) is 0 Å². The number of halogens is 1. The molecule has 1 aromatic carbocycles. The van der Waals surface area contributed by atoms with Gasteiger partial charge in [-0.15, -0.1) is 12.4 Å². The molecule has 1 heterocycles. The number of benzene rings is 1. The summed E-state index contributed by atoms with van der Waals surface area (Å²) in [7, 11) is 0. The number of carbonyl (C=O) groups excluding carboxylic acids is 1. The number of hydrogen-bond donors (Lipinski definition) is 2. The SMILES string of the molecule is CC(NC(=O)C1(CN)CCCC1)C1CCN(Cc2ccccc2)C1.Cl. The molecule has 3 N–H and O–H groups in total. The number of amides is 1. The Hall–Kier alpha value is -1.10. The van der Waals surface area contributed by atoms with E-state index in [1.807, 2.05) is 0 Å². The van der Waals surface area contributed by atoms with Gasteiger partial charge in [-0.3, -0.25) is 9.69 Å². The third kappa shape index (κ3) is 4.75. The van der Waals surface area contributed by atoms with Gasteiger partial charge in [0.1, 0.15) is 0 Å². The first-order chi connectivity index (χ1) is 11.6. The molecule has 2 aliphatic rings. The third-order valence-corrected chi connectivity index (χ3v) is 6.06. The summed E-state index contributed by atoms with van der Waals surface area (Å²) < 4.78 is 0. The summed E-state index contributed by atoms with van der Waals surface area (Å²) in [5.41, 5.74) is 7.01. The lowest BCUT2D eigenvalue weighted by Gasteiger charge is -2.30. The van der Waals surface area contributed by atoms with E-state index >= 15 is 0 Å². The van der Waals surface area contributed by atoms with Gasteiger partial charge in [-0.05, 0) is 44.2 Å². The van der Waals surface area contributed by atoms with E-state index in [4.69, 9.17) is 5.73 Å². The maximum atomic E-state index is 12.7. The van der Waals surface area contributed by atoms with Gasteiger partial charge in [0, 0.05) is 25.7 Å². The minimum Gasteiger partial charge on any atom is -0.353 e. The van der Waals surface area contributed by atoms with Crippen LogP contribution < -0.4 is 11.1 Å². The molecule has 0 radical (unpaired) electrons. The summed E-state index contributed by atoms with van der Waals surface area (Å²) >= 11 is 0. The van der Waals surface area contributed by atoms with Gasteiger partial charge in [-0.2, -0.15) is 0 Å². The molecule has 1 aliphatic carbocycles. The van der Waals surface area contributed by atoms with Gasteiger partial charge in [0.15, 0.2) is 0 Å². The topological polar surface area (TPSA) is 58.4 Å². The van der Waals surface area contributed by atoms with Crippen LogP contribution in [0.3, 0.4) is 0 Å². The van der Waals surface area contributed by atoms with Gasteiger partial charge in [0.05, 0.1) is 5.41 Å². The van der Waals surface area contributed by atoms with Gasteiger partial charge in [-0.25, -0.2) is 0 Å². The number of nitrogens with zero attached hydrogens (tertiary/aromatic N) is 1. The van der Waals surface area contributed by atoms with Crippen LogP contribution in [0, 0.1) is 11.3 Å². The van der Waals surface area contributed by atoms with E-state index in [2.05, 4.69) is 47.5 Å². The Morgan fingerprint density at radius 3 is 2.64 bits per heavy atom. The van der Waals surface area contributed by atoms with Gasteiger partial charge >= 0.3 is 0 Å². The van der Waals surface area contributed by atoms with Crippen molar-refractivity contribution < 1.29 is 4.79 Å². The minimum absolute atomic E-state index is 0. The number of rotatable bonds is 6. The highest BCUT2D eigenvalue weighted by atomic mass is 35.5. The van der Waals surface area contributed by atoms with Crippen molar-refractivity contribution in [2.24, 2.45) is 17.1 Å². The van der Waals surface area contributed by atoms with Crippen molar-refractivity contribution in [2.75, 3.05) is 19.6 Å². The van der Waals surface area contributed by atoms with Crippen molar-refractivity contribution >= 4 is 18.3 Å². The molecule has 1 aliphatic heterocycles. The molecule has 4 nitrogen and oxygen atoms in total. The molecule has 25 heavy (non-hydrogen) atoms. The van der Waals surface area contributed by atoms with Crippen molar-refractivity contribution in [3.05, 3.63) is 35.9 Å². The fourth-order valence-electron chi connectivity index (χ4n) is 4.31. The molecule has 5 heteroatoms. The van der Waals surface area contributed by atoms with E-state index in [1.165, 1.54) is 5.56 Å². The van der Waals surface area contributed by atoms with E-state index in [1.54, 1.807) is 0 Å². The summed E-state index contributed by atoms with van der Waals surface area (Å²) in [6.07, 6.45) is 5.32. The molecule has 3 rings (SSSR count). The fraction of sp³-hybridized carbons (Fsp3) is 0.650. The zero-order valence-corrected chi connectivity index (χ0v) is 16.1. The van der Waals surface area contributed by atoms with Crippen LogP contribution in [0.1, 0.15) is 44.6 Å². The molecule has 1 saturated heterocycles. The first-order valence-corrected chi connectivity index (χ1v) is 9.40. The predicted octanol–water partition coefficient (Wildman–Crippen LogP) is 2.95. The molecule has 2 fully saturated rings. The van der Waals surface area contributed by atoms with Crippen LogP contribution in [0.2, 0.25) is 0 Å². The second-order valence-electron chi connectivity index (χ2n) is 7.72. The zero-order valence-electron chi connectivity index (χ0n) is 15.2. The van der Waals surface area contributed by atoms with Crippen molar-refractivity contribution in [1.82, 2.24) is 10.2 Å². The highest BCUT2D eigenvalue weighted by Crippen LogP contribution is 2.37. The van der Waals surface area contributed by atoms with Crippen molar-refractivity contribution in [3.8, 4) is 0 Å². The van der Waals surface area contributed by atoms with Gasteiger partial charge in [-0.1, -0.05) is 43.2 Å². The Morgan fingerprint density at radius 1 is 1.32 bits per heavy atom. The van der Waals surface area contributed by atoms with Gasteiger partial charge in [0.2, 0.25) is 5.91 Å². The molecule has 0 aromatic heterocycles. The summed E-state index contributed by atoms with van der Waals surface area (Å²) in [6.45, 7) is 5.82. The van der Waals surface area contributed by atoms with Crippen LogP contribution in [-0.4, -0.2) is 36.5 Å². The van der Waals surface area contributed by atoms with E-state index in [9.17, 15) is 4.79 Å². The van der Waals surface area contributed by atoms with E-state index in [-0.39, 0.29) is 29.8 Å². The molecule has 0 bridgehead atoms. The van der Waals surface area contributed by atoms with Crippen molar-refractivity contribution in [1.29, 1.82) is 0 Å². The highest BCUT2D eigenvalue weighted by Gasteiger charge is 2.41. The molecule has 140 valence electrons. The lowest BCUT2D eigenvalue weighted by atomic mass is 9.84. The van der Waals surface area contributed by atoms with Gasteiger partial charge in [0.25, 0.3) is 0 Å². The minimum atomic E-state index is -0.295. The van der Waals surface area contributed by atoms with Crippen LogP contribution in [0.15, 0.2) is 30.3 Å². The Bertz CT molecular complexity index is 545. The largest absolute Gasteiger partial charge is 0.353 e. The summed E-state index contributed by atoms with van der Waals surface area (Å²) in [5.74, 6) is 0.727. The highest BCUT2D eigenvalue weighted by molar-refractivity contribution is 5.85. The average Bonchev–Trinajstić information content (AvgIpc) is 3.25. The second-order valence-corrected chi connectivity index (χ2v) is 7.72. The Labute approximate surface area is 157 Å². The van der Waals surface area contributed by atoms with Gasteiger partial charge < -0.3 is 11.1 Å². The Morgan fingerprint density at radius 2 is 2.00 bits per heavy atom. The molecule has 1 aromatic rings. The van der Waals surface area contributed by atoms with E-state index < -0.39 is 0 Å². The predicted molar refractivity (Wildman–Crippen MR) is 105 cm³/mol. The quantitative estimate of drug-likeness (QED) is 0.814. The van der Waals surface area contributed by atoms with E-state index in [0.717, 1.165) is 51.7 Å². The maximum Gasteiger partial charge on any atom is 0.227 e. The van der Waals surface area contributed by atoms with Crippen LogP contribution in [-0.2, 0) is 11.3 Å². The molecule has 1 amide bonds. The normalized spacial score (nSPS) is 23.8. The molecule has 2 unspecified atom stereocenters. The summed E-state index contributed by atoms with van der Waals surface area (Å²) in [6, 6.07) is 10.8. The Kier molecular flexibility index (Phi) is 7.29. The lowest BCUT2D eigenvalue weighted by Crippen LogP contribution is -2.49. The first kappa shape index (κ1) is 20.2. The van der Waals surface area contributed by atoms with Crippen LogP contribution in [0.25, 0.3) is 0 Å². The Balaban J connectivity index is 0.00000225. The first-order valence-electron chi connectivity index (χ1n) is 9.40. The maximum absolute atomic E-state index is 12.7. The zero-order chi connectivity index (χ0) is 17.0. The van der Waals surface area contributed by atoms with Crippen LogP contribution in [0.5, 0.6) is 0 Å². The smallest absolute Gasteiger partial charge is 0.227 e.